The highest BCUT2D eigenvalue weighted by Crippen LogP contribution is 2.41. The van der Waals surface area contributed by atoms with E-state index in [4.69, 9.17) is 14.2 Å². The average Bonchev–Trinajstić information content (AvgIpc) is 2.77. The van der Waals surface area contributed by atoms with E-state index in [1.165, 1.54) is 11.1 Å². The minimum atomic E-state index is 0.211. The van der Waals surface area contributed by atoms with E-state index >= 15 is 0 Å². The van der Waals surface area contributed by atoms with Crippen LogP contribution in [-0.2, 0) is 16.7 Å². The second-order valence-corrected chi connectivity index (χ2v) is 8.47. The molecule has 1 heterocycles. The van der Waals surface area contributed by atoms with Crippen molar-refractivity contribution in [2.45, 2.75) is 51.2 Å². The van der Waals surface area contributed by atoms with Crippen LogP contribution in [-0.4, -0.2) is 33.5 Å². The highest BCUT2D eigenvalue weighted by atomic mass is 16.5. The lowest BCUT2D eigenvalue weighted by Crippen LogP contribution is -2.83. The van der Waals surface area contributed by atoms with Gasteiger partial charge in [0.25, 0.3) is 0 Å². The normalized spacial score (nSPS) is 21.9. The van der Waals surface area contributed by atoms with Crippen molar-refractivity contribution in [3.8, 4) is 11.5 Å². The van der Waals surface area contributed by atoms with Crippen LogP contribution in [0, 0.1) is 5.92 Å². The molecule has 4 nitrogen and oxygen atoms in total. The fourth-order valence-corrected chi connectivity index (χ4v) is 4.46. The van der Waals surface area contributed by atoms with E-state index < -0.39 is 0 Å². The SMILES string of the molecule is COc1ccc(C[NH2+]CC[C@]2(c3ccccc3)CCO[C@H](C(C)C)C2)cc1OC. The van der Waals surface area contributed by atoms with Gasteiger partial charge in [0.15, 0.2) is 11.5 Å². The molecule has 158 valence electrons. The van der Waals surface area contributed by atoms with E-state index in [9.17, 15) is 0 Å². The maximum Gasteiger partial charge on any atom is 0.161 e. The Morgan fingerprint density at radius 1 is 1.07 bits per heavy atom. The Hall–Kier alpha value is -2.04. The van der Waals surface area contributed by atoms with Gasteiger partial charge < -0.3 is 19.5 Å². The van der Waals surface area contributed by atoms with Crippen molar-refractivity contribution >= 4 is 0 Å². The molecule has 1 fully saturated rings. The molecule has 29 heavy (non-hydrogen) atoms. The number of nitrogens with two attached hydrogens (primary N) is 1. The zero-order valence-corrected chi connectivity index (χ0v) is 18.3. The molecule has 1 aliphatic rings. The van der Waals surface area contributed by atoms with Crippen LogP contribution in [0.3, 0.4) is 0 Å². The summed E-state index contributed by atoms with van der Waals surface area (Å²) in [5, 5.41) is 2.41. The van der Waals surface area contributed by atoms with Crippen molar-refractivity contribution < 1.29 is 19.5 Å². The van der Waals surface area contributed by atoms with Gasteiger partial charge in [-0.1, -0.05) is 44.2 Å². The summed E-state index contributed by atoms with van der Waals surface area (Å²) in [4.78, 5) is 0. The zero-order chi connectivity index (χ0) is 20.7. The van der Waals surface area contributed by atoms with Gasteiger partial charge in [-0.05, 0) is 42.5 Å². The highest BCUT2D eigenvalue weighted by molar-refractivity contribution is 5.42. The summed E-state index contributed by atoms with van der Waals surface area (Å²) in [6.45, 7) is 7.43. The molecule has 0 spiro atoms. The first-order valence-electron chi connectivity index (χ1n) is 10.8. The number of hydrogen-bond acceptors (Lipinski definition) is 3. The molecule has 0 amide bonds. The quantitative estimate of drug-likeness (QED) is 0.651. The maximum atomic E-state index is 6.10. The third-order valence-electron chi connectivity index (χ3n) is 6.29. The fraction of sp³-hybridized carbons (Fsp3) is 0.520. The summed E-state index contributed by atoms with van der Waals surface area (Å²) >= 11 is 0. The number of rotatable bonds is 9. The summed E-state index contributed by atoms with van der Waals surface area (Å²) in [7, 11) is 3.36. The van der Waals surface area contributed by atoms with Gasteiger partial charge in [0.1, 0.15) is 6.54 Å². The Morgan fingerprint density at radius 3 is 2.52 bits per heavy atom. The molecule has 0 radical (unpaired) electrons. The molecule has 0 saturated carbocycles. The Labute approximate surface area is 175 Å². The van der Waals surface area contributed by atoms with E-state index in [-0.39, 0.29) is 5.41 Å². The number of methoxy groups -OCH3 is 2. The standard InChI is InChI=1S/C25H35NO3/c1-19(2)24-17-25(13-15-29-24,21-8-6-5-7-9-21)12-14-26-18-20-10-11-22(27-3)23(16-20)28-4/h5-11,16,19,24,26H,12-15,17-18H2,1-4H3/p+1/t24-,25-/m0/s1. The van der Waals surface area contributed by atoms with Crippen molar-refractivity contribution in [1.29, 1.82) is 0 Å². The number of hydrogen-bond donors (Lipinski definition) is 1. The van der Waals surface area contributed by atoms with E-state index in [1.54, 1.807) is 14.2 Å². The maximum absolute atomic E-state index is 6.10. The van der Waals surface area contributed by atoms with E-state index in [1.807, 2.05) is 6.07 Å². The number of benzene rings is 2. The lowest BCUT2D eigenvalue weighted by molar-refractivity contribution is -0.672. The van der Waals surface area contributed by atoms with Crippen LogP contribution < -0.4 is 14.8 Å². The minimum Gasteiger partial charge on any atom is -0.493 e. The van der Waals surface area contributed by atoms with Gasteiger partial charge in [-0.2, -0.15) is 0 Å². The van der Waals surface area contributed by atoms with Crippen molar-refractivity contribution in [2.24, 2.45) is 5.92 Å². The van der Waals surface area contributed by atoms with Crippen LogP contribution in [0.1, 0.15) is 44.2 Å². The topological polar surface area (TPSA) is 44.3 Å². The van der Waals surface area contributed by atoms with Gasteiger partial charge in [-0.25, -0.2) is 0 Å². The summed E-state index contributed by atoms with van der Waals surface area (Å²) in [5.41, 5.74) is 2.93. The second-order valence-electron chi connectivity index (χ2n) is 8.47. The molecule has 2 aromatic carbocycles. The fourth-order valence-electron chi connectivity index (χ4n) is 4.46. The molecular weight excluding hydrogens is 362 g/mol. The molecule has 2 aromatic rings. The third kappa shape index (κ3) is 5.31. The Bertz CT molecular complexity index is 762. The highest BCUT2D eigenvalue weighted by Gasteiger charge is 2.39. The lowest BCUT2D eigenvalue weighted by Gasteiger charge is -2.42. The van der Waals surface area contributed by atoms with Crippen molar-refractivity contribution in [1.82, 2.24) is 0 Å². The Balaban J connectivity index is 1.65. The van der Waals surface area contributed by atoms with Crippen LogP contribution in [0.15, 0.2) is 48.5 Å². The van der Waals surface area contributed by atoms with Crippen LogP contribution in [0.25, 0.3) is 0 Å². The van der Waals surface area contributed by atoms with Crippen molar-refractivity contribution in [2.75, 3.05) is 27.4 Å². The molecular formula is C25H36NO3+. The summed E-state index contributed by atoms with van der Waals surface area (Å²) in [6, 6.07) is 17.2. The first kappa shape index (κ1) is 21.7. The summed E-state index contributed by atoms with van der Waals surface area (Å²) in [6.07, 6.45) is 3.72. The van der Waals surface area contributed by atoms with Crippen molar-refractivity contribution in [3.63, 3.8) is 0 Å². The van der Waals surface area contributed by atoms with E-state index in [0.717, 1.165) is 50.5 Å². The van der Waals surface area contributed by atoms with Gasteiger partial charge in [0.2, 0.25) is 0 Å². The van der Waals surface area contributed by atoms with Gasteiger partial charge in [0.05, 0.1) is 26.9 Å². The first-order valence-corrected chi connectivity index (χ1v) is 10.8. The molecule has 2 N–H and O–H groups in total. The molecule has 4 heteroatoms. The zero-order valence-electron chi connectivity index (χ0n) is 18.3. The summed E-state index contributed by atoms with van der Waals surface area (Å²) in [5.74, 6) is 2.12. The smallest absolute Gasteiger partial charge is 0.161 e. The Kier molecular flexibility index (Phi) is 7.57. The first-order chi connectivity index (χ1) is 14.1. The van der Waals surface area contributed by atoms with Crippen LogP contribution >= 0.6 is 0 Å². The van der Waals surface area contributed by atoms with Gasteiger partial charge in [-0.3, -0.25) is 0 Å². The van der Waals surface area contributed by atoms with E-state index in [2.05, 4.69) is 61.6 Å². The van der Waals surface area contributed by atoms with Gasteiger partial charge >= 0.3 is 0 Å². The Morgan fingerprint density at radius 2 is 1.83 bits per heavy atom. The summed E-state index contributed by atoms with van der Waals surface area (Å²) < 4.78 is 16.9. The monoisotopic (exact) mass is 398 g/mol. The van der Waals surface area contributed by atoms with E-state index in [0.29, 0.717) is 12.0 Å². The molecule has 1 saturated heterocycles. The third-order valence-corrected chi connectivity index (χ3v) is 6.29. The van der Waals surface area contributed by atoms with Gasteiger partial charge in [0, 0.05) is 24.0 Å². The predicted molar refractivity (Wildman–Crippen MR) is 117 cm³/mol. The molecule has 1 aliphatic heterocycles. The minimum absolute atomic E-state index is 0.211. The molecule has 2 atom stereocenters. The van der Waals surface area contributed by atoms with Gasteiger partial charge in [-0.15, -0.1) is 0 Å². The largest absolute Gasteiger partial charge is 0.493 e. The van der Waals surface area contributed by atoms with Crippen LogP contribution in [0.4, 0.5) is 0 Å². The average molecular weight is 399 g/mol. The molecule has 3 rings (SSSR count). The number of ether oxygens (including phenoxy) is 3. The molecule has 0 aromatic heterocycles. The second kappa shape index (κ2) is 10.1. The molecule has 0 aliphatic carbocycles. The molecule has 0 unspecified atom stereocenters. The van der Waals surface area contributed by atoms with Crippen LogP contribution in [0.2, 0.25) is 0 Å². The van der Waals surface area contributed by atoms with Crippen LogP contribution in [0.5, 0.6) is 11.5 Å². The lowest BCUT2D eigenvalue weighted by atomic mass is 9.68. The molecule has 0 bridgehead atoms. The van der Waals surface area contributed by atoms with Crippen molar-refractivity contribution in [3.05, 3.63) is 59.7 Å². The number of quaternary nitrogens is 1. The predicted octanol–water partition coefficient (Wildman–Crippen LogP) is 3.93.